The number of amides is 1. The summed E-state index contributed by atoms with van der Waals surface area (Å²) in [5.74, 6) is 0. The number of rotatable bonds is 2. The van der Waals surface area contributed by atoms with Gasteiger partial charge in [-0.3, -0.25) is 10.2 Å². The van der Waals surface area contributed by atoms with Gasteiger partial charge in [0.2, 0.25) is 0 Å². The first-order valence-corrected chi connectivity index (χ1v) is 6.22. The average molecular weight is 259 g/mol. The van der Waals surface area contributed by atoms with Crippen LogP contribution in [0.5, 0.6) is 0 Å². The molecule has 0 spiro atoms. The summed E-state index contributed by atoms with van der Waals surface area (Å²) in [6.45, 7) is 6.17. The summed E-state index contributed by atoms with van der Waals surface area (Å²) in [6, 6.07) is -0.0433. The number of methoxy groups -OCH3 is 1. The molecule has 1 aliphatic heterocycles. The highest BCUT2D eigenvalue weighted by Gasteiger charge is 2.33. The lowest BCUT2D eigenvalue weighted by atomic mass is 10.0. The number of piperidine rings is 1. The van der Waals surface area contributed by atoms with Crippen molar-refractivity contribution in [1.82, 2.24) is 10.2 Å². The number of nitrogens with two attached hydrogens (primary N) is 1. The van der Waals surface area contributed by atoms with Crippen molar-refractivity contribution in [2.45, 2.75) is 51.1 Å². The van der Waals surface area contributed by atoms with Gasteiger partial charge < -0.3 is 15.2 Å². The van der Waals surface area contributed by atoms with E-state index in [1.807, 2.05) is 20.8 Å². The third-order valence-corrected chi connectivity index (χ3v) is 2.97. The molecule has 1 rings (SSSR count). The Balaban J connectivity index is 2.56. The van der Waals surface area contributed by atoms with Crippen LogP contribution in [0.25, 0.3) is 0 Å². The van der Waals surface area contributed by atoms with Crippen LogP contribution in [0.1, 0.15) is 27.2 Å². The second kappa shape index (κ2) is 5.86. The molecular weight excluding hydrogens is 234 g/mol. The van der Waals surface area contributed by atoms with E-state index in [0.29, 0.717) is 13.0 Å². The van der Waals surface area contributed by atoms with Crippen LogP contribution in [0.2, 0.25) is 0 Å². The zero-order valence-electron chi connectivity index (χ0n) is 11.9. The summed E-state index contributed by atoms with van der Waals surface area (Å²) >= 11 is 0. The van der Waals surface area contributed by atoms with Gasteiger partial charge in [0.15, 0.2) is 0 Å². The van der Waals surface area contributed by atoms with E-state index >= 15 is 0 Å². The molecule has 0 aromatic carbocycles. The Morgan fingerprint density at radius 3 is 2.56 bits per heavy atom. The van der Waals surface area contributed by atoms with E-state index in [-0.39, 0.29) is 24.4 Å². The molecule has 0 aromatic heterocycles. The SMILES string of the molecule is COC1CC(N(C)C(=O)OC(C)(C)C)NCC1N. The van der Waals surface area contributed by atoms with Crippen LogP contribution in [0.4, 0.5) is 4.79 Å². The van der Waals surface area contributed by atoms with Crippen LogP contribution >= 0.6 is 0 Å². The highest BCUT2D eigenvalue weighted by Crippen LogP contribution is 2.16. The molecule has 1 fully saturated rings. The summed E-state index contributed by atoms with van der Waals surface area (Å²) in [5.41, 5.74) is 5.42. The number of carbonyl (C=O) groups excluding carboxylic acids is 1. The molecule has 0 aromatic rings. The number of hydrogen-bond acceptors (Lipinski definition) is 5. The molecule has 0 saturated carbocycles. The van der Waals surface area contributed by atoms with Crippen molar-refractivity contribution in [3.8, 4) is 0 Å². The van der Waals surface area contributed by atoms with Crippen molar-refractivity contribution in [1.29, 1.82) is 0 Å². The zero-order valence-corrected chi connectivity index (χ0v) is 11.9. The smallest absolute Gasteiger partial charge is 0.411 e. The molecule has 1 aliphatic rings. The van der Waals surface area contributed by atoms with Gasteiger partial charge in [-0.2, -0.15) is 0 Å². The maximum absolute atomic E-state index is 11.9. The van der Waals surface area contributed by atoms with Gasteiger partial charge in [0.1, 0.15) is 5.60 Å². The Bertz CT molecular complexity index is 291. The summed E-state index contributed by atoms with van der Waals surface area (Å²) in [5, 5.41) is 3.22. The Morgan fingerprint density at radius 2 is 2.06 bits per heavy atom. The second-order valence-corrected chi connectivity index (χ2v) is 5.69. The fourth-order valence-electron chi connectivity index (χ4n) is 1.91. The molecule has 1 heterocycles. The van der Waals surface area contributed by atoms with Crippen LogP contribution < -0.4 is 11.1 Å². The minimum Gasteiger partial charge on any atom is -0.444 e. The monoisotopic (exact) mass is 259 g/mol. The highest BCUT2D eigenvalue weighted by atomic mass is 16.6. The van der Waals surface area contributed by atoms with E-state index in [1.165, 1.54) is 0 Å². The van der Waals surface area contributed by atoms with Crippen LogP contribution in [0.15, 0.2) is 0 Å². The van der Waals surface area contributed by atoms with E-state index in [0.717, 1.165) is 0 Å². The number of nitrogens with one attached hydrogen (secondary N) is 1. The predicted molar refractivity (Wildman–Crippen MR) is 69.2 cm³/mol. The lowest BCUT2D eigenvalue weighted by Gasteiger charge is -2.39. The molecule has 0 aliphatic carbocycles. The van der Waals surface area contributed by atoms with Crippen molar-refractivity contribution in [2.24, 2.45) is 5.73 Å². The molecule has 3 unspecified atom stereocenters. The van der Waals surface area contributed by atoms with Gasteiger partial charge in [0, 0.05) is 33.2 Å². The quantitative estimate of drug-likeness (QED) is 0.756. The van der Waals surface area contributed by atoms with Gasteiger partial charge in [-0.05, 0) is 20.8 Å². The lowest BCUT2D eigenvalue weighted by molar-refractivity contribution is -0.00814. The second-order valence-electron chi connectivity index (χ2n) is 5.69. The van der Waals surface area contributed by atoms with Crippen molar-refractivity contribution >= 4 is 6.09 Å². The van der Waals surface area contributed by atoms with E-state index < -0.39 is 5.60 Å². The predicted octanol–water partition coefficient (Wildman–Crippen LogP) is 0.515. The van der Waals surface area contributed by atoms with E-state index in [1.54, 1.807) is 19.1 Å². The summed E-state index contributed by atoms with van der Waals surface area (Å²) in [4.78, 5) is 13.5. The number of nitrogens with zero attached hydrogens (tertiary/aromatic N) is 1. The zero-order chi connectivity index (χ0) is 13.9. The van der Waals surface area contributed by atoms with Gasteiger partial charge in [-0.25, -0.2) is 4.79 Å². The molecule has 6 nitrogen and oxygen atoms in total. The maximum atomic E-state index is 11.9. The number of carbonyl (C=O) groups is 1. The molecule has 106 valence electrons. The topological polar surface area (TPSA) is 76.8 Å². The molecule has 1 saturated heterocycles. The van der Waals surface area contributed by atoms with Gasteiger partial charge in [0.25, 0.3) is 0 Å². The van der Waals surface area contributed by atoms with Crippen LogP contribution in [-0.2, 0) is 9.47 Å². The Labute approximate surface area is 109 Å². The van der Waals surface area contributed by atoms with Gasteiger partial charge in [-0.1, -0.05) is 0 Å². The van der Waals surface area contributed by atoms with Crippen molar-refractivity contribution in [3.05, 3.63) is 0 Å². The van der Waals surface area contributed by atoms with Gasteiger partial charge >= 0.3 is 6.09 Å². The first-order chi connectivity index (χ1) is 8.24. The van der Waals surface area contributed by atoms with Crippen LogP contribution in [-0.4, -0.2) is 55.6 Å². The van der Waals surface area contributed by atoms with Crippen molar-refractivity contribution in [2.75, 3.05) is 20.7 Å². The summed E-state index contributed by atoms with van der Waals surface area (Å²) < 4.78 is 10.6. The summed E-state index contributed by atoms with van der Waals surface area (Å²) in [7, 11) is 3.36. The fraction of sp³-hybridized carbons (Fsp3) is 0.917. The largest absolute Gasteiger partial charge is 0.444 e. The normalized spacial score (nSPS) is 28.9. The molecule has 3 atom stereocenters. The Hall–Kier alpha value is -0.850. The first kappa shape index (κ1) is 15.2. The first-order valence-electron chi connectivity index (χ1n) is 6.22. The minimum atomic E-state index is -0.489. The third kappa shape index (κ3) is 4.12. The van der Waals surface area contributed by atoms with E-state index in [4.69, 9.17) is 15.2 Å². The maximum Gasteiger partial charge on any atom is 0.411 e. The van der Waals surface area contributed by atoms with Crippen LogP contribution in [0, 0.1) is 0 Å². The van der Waals surface area contributed by atoms with Crippen LogP contribution in [0.3, 0.4) is 0 Å². The molecule has 0 radical (unpaired) electrons. The number of ether oxygens (including phenoxy) is 2. The highest BCUT2D eigenvalue weighted by molar-refractivity contribution is 5.68. The number of hydrogen-bond donors (Lipinski definition) is 2. The standard InChI is InChI=1S/C12H25N3O3/c1-12(2,3)18-11(16)15(4)10-6-9(17-5)8(13)7-14-10/h8-10,14H,6-7,13H2,1-5H3. The molecule has 6 heteroatoms. The summed E-state index contributed by atoms with van der Waals surface area (Å²) in [6.07, 6.45) is 0.170. The van der Waals surface area contributed by atoms with E-state index in [9.17, 15) is 4.79 Å². The Kier molecular flexibility index (Phi) is 4.95. The lowest BCUT2D eigenvalue weighted by Crippen LogP contribution is -2.60. The average Bonchev–Trinajstić information content (AvgIpc) is 2.26. The molecular formula is C12H25N3O3. The molecule has 18 heavy (non-hydrogen) atoms. The third-order valence-electron chi connectivity index (χ3n) is 2.97. The molecule has 3 N–H and O–H groups in total. The molecule has 1 amide bonds. The fourth-order valence-corrected chi connectivity index (χ4v) is 1.91. The Morgan fingerprint density at radius 1 is 1.44 bits per heavy atom. The van der Waals surface area contributed by atoms with E-state index in [2.05, 4.69) is 5.32 Å². The molecule has 0 bridgehead atoms. The van der Waals surface area contributed by atoms with Gasteiger partial charge in [0.05, 0.1) is 12.3 Å². The van der Waals surface area contributed by atoms with Crippen molar-refractivity contribution < 1.29 is 14.3 Å². The van der Waals surface area contributed by atoms with Gasteiger partial charge in [-0.15, -0.1) is 0 Å². The van der Waals surface area contributed by atoms with Crippen molar-refractivity contribution in [3.63, 3.8) is 0 Å². The minimum absolute atomic E-state index is 0.0406.